The standard InChI is InChI=1S/C10H8O4/c1-12-14-9-6-7-4-2-3-5-8(7)13-10(9)11/h2-6H,1H3. The van der Waals surface area contributed by atoms with E-state index in [1.807, 2.05) is 12.1 Å². The predicted octanol–water partition coefficient (Wildman–Crippen LogP) is 1.73. The summed E-state index contributed by atoms with van der Waals surface area (Å²) in [5.74, 6) is 0.0474. The Hall–Kier alpha value is -1.81. The second kappa shape index (κ2) is 3.51. The monoisotopic (exact) mass is 192 g/mol. The molecule has 0 aliphatic rings. The van der Waals surface area contributed by atoms with Crippen LogP contribution in [0.15, 0.2) is 39.5 Å². The first kappa shape index (κ1) is 8.77. The van der Waals surface area contributed by atoms with E-state index in [1.54, 1.807) is 18.2 Å². The Morgan fingerprint density at radius 1 is 1.29 bits per heavy atom. The van der Waals surface area contributed by atoms with Crippen molar-refractivity contribution in [3.05, 3.63) is 40.8 Å². The molecule has 0 N–H and O–H groups in total. The lowest BCUT2D eigenvalue weighted by Gasteiger charge is -2.00. The van der Waals surface area contributed by atoms with E-state index < -0.39 is 5.63 Å². The molecule has 0 amide bonds. The van der Waals surface area contributed by atoms with Gasteiger partial charge in [-0.05, 0) is 6.07 Å². The summed E-state index contributed by atoms with van der Waals surface area (Å²) in [6.45, 7) is 0. The molecule has 4 heteroatoms. The van der Waals surface area contributed by atoms with Gasteiger partial charge in [-0.2, -0.15) is 4.89 Å². The van der Waals surface area contributed by atoms with Crippen LogP contribution in [0.25, 0.3) is 11.0 Å². The first-order chi connectivity index (χ1) is 6.81. The van der Waals surface area contributed by atoms with E-state index >= 15 is 0 Å². The van der Waals surface area contributed by atoms with Gasteiger partial charge >= 0.3 is 5.63 Å². The van der Waals surface area contributed by atoms with Crippen LogP contribution in [0.5, 0.6) is 5.75 Å². The molecule has 0 fully saturated rings. The minimum atomic E-state index is -0.550. The smallest absolute Gasteiger partial charge is 0.383 e. The van der Waals surface area contributed by atoms with Crippen molar-refractivity contribution in [3.8, 4) is 5.75 Å². The highest BCUT2D eigenvalue weighted by atomic mass is 17.2. The molecular formula is C10H8O4. The molecule has 4 nitrogen and oxygen atoms in total. The maximum Gasteiger partial charge on any atom is 0.383 e. The van der Waals surface area contributed by atoms with E-state index in [0.29, 0.717) is 5.58 Å². The Labute approximate surface area is 79.6 Å². The molecule has 0 spiro atoms. The molecule has 0 unspecified atom stereocenters. The number of para-hydroxylation sites is 1. The molecule has 0 aliphatic heterocycles. The molecule has 1 heterocycles. The van der Waals surface area contributed by atoms with Crippen LogP contribution in [0, 0.1) is 0 Å². The molecule has 2 rings (SSSR count). The lowest BCUT2D eigenvalue weighted by Crippen LogP contribution is -2.05. The summed E-state index contributed by atoms with van der Waals surface area (Å²) < 4.78 is 4.98. The highest BCUT2D eigenvalue weighted by Crippen LogP contribution is 2.16. The fraction of sp³-hybridized carbons (Fsp3) is 0.100. The van der Waals surface area contributed by atoms with Crippen LogP contribution in [-0.4, -0.2) is 7.11 Å². The third-order valence-corrected chi connectivity index (χ3v) is 1.78. The van der Waals surface area contributed by atoms with Crippen molar-refractivity contribution in [2.24, 2.45) is 0 Å². The van der Waals surface area contributed by atoms with Gasteiger partial charge in [0.1, 0.15) is 5.58 Å². The Kier molecular flexibility index (Phi) is 2.20. The molecular weight excluding hydrogens is 184 g/mol. The zero-order chi connectivity index (χ0) is 9.97. The van der Waals surface area contributed by atoms with Crippen LogP contribution in [0.3, 0.4) is 0 Å². The normalized spacial score (nSPS) is 10.4. The summed E-state index contributed by atoms with van der Waals surface area (Å²) in [6.07, 6.45) is 0. The van der Waals surface area contributed by atoms with Crippen LogP contribution in [-0.2, 0) is 4.89 Å². The van der Waals surface area contributed by atoms with Crippen molar-refractivity contribution in [3.63, 3.8) is 0 Å². The van der Waals surface area contributed by atoms with Gasteiger partial charge in [0, 0.05) is 11.5 Å². The fourth-order valence-corrected chi connectivity index (χ4v) is 1.19. The minimum Gasteiger partial charge on any atom is -0.420 e. The van der Waals surface area contributed by atoms with Crippen LogP contribution >= 0.6 is 0 Å². The fourth-order valence-electron chi connectivity index (χ4n) is 1.19. The summed E-state index contributed by atoms with van der Waals surface area (Å²) in [5, 5.41) is 0.791. The van der Waals surface area contributed by atoms with Crippen molar-refractivity contribution in [2.45, 2.75) is 0 Å². The predicted molar refractivity (Wildman–Crippen MR) is 50.1 cm³/mol. The highest BCUT2D eigenvalue weighted by molar-refractivity contribution is 5.77. The van der Waals surface area contributed by atoms with Gasteiger partial charge in [-0.1, -0.05) is 18.2 Å². The first-order valence-corrected chi connectivity index (χ1v) is 4.05. The zero-order valence-electron chi connectivity index (χ0n) is 7.52. The van der Waals surface area contributed by atoms with Crippen molar-refractivity contribution in [1.82, 2.24) is 0 Å². The summed E-state index contributed by atoms with van der Waals surface area (Å²) in [7, 11) is 1.33. The van der Waals surface area contributed by atoms with E-state index in [2.05, 4.69) is 9.78 Å². The van der Waals surface area contributed by atoms with Gasteiger partial charge in [-0.3, -0.25) is 0 Å². The Balaban J connectivity index is 2.65. The molecule has 0 atom stereocenters. The third-order valence-electron chi connectivity index (χ3n) is 1.78. The van der Waals surface area contributed by atoms with Crippen LogP contribution in [0.1, 0.15) is 0 Å². The van der Waals surface area contributed by atoms with Crippen LogP contribution in [0.2, 0.25) is 0 Å². The van der Waals surface area contributed by atoms with Crippen molar-refractivity contribution < 1.29 is 14.2 Å². The Morgan fingerprint density at radius 2 is 2.07 bits per heavy atom. The minimum absolute atomic E-state index is 0.0474. The van der Waals surface area contributed by atoms with Crippen LogP contribution < -0.4 is 10.5 Å². The largest absolute Gasteiger partial charge is 0.420 e. The second-order valence-corrected chi connectivity index (χ2v) is 2.69. The number of hydrogen-bond acceptors (Lipinski definition) is 4. The highest BCUT2D eigenvalue weighted by Gasteiger charge is 2.05. The number of hydrogen-bond donors (Lipinski definition) is 0. The van der Waals surface area contributed by atoms with E-state index in [1.165, 1.54) is 7.11 Å². The Bertz CT molecular complexity index is 501. The van der Waals surface area contributed by atoms with Crippen LogP contribution in [0.4, 0.5) is 0 Å². The van der Waals surface area contributed by atoms with Gasteiger partial charge in [0.2, 0.25) is 0 Å². The second-order valence-electron chi connectivity index (χ2n) is 2.69. The topological polar surface area (TPSA) is 48.7 Å². The molecule has 2 aromatic rings. The lowest BCUT2D eigenvalue weighted by atomic mass is 10.2. The van der Waals surface area contributed by atoms with Crippen molar-refractivity contribution in [2.75, 3.05) is 7.11 Å². The first-order valence-electron chi connectivity index (χ1n) is 4.05. The number of fused-ring (bicyclic) bond motifs is 1. The average molecular weight is 192 g/mol. The third kappa shape index (κ3) is 1.47. The molecule has 14 heavy (non-hydrogen) atoms. The Morgan fingerprint density at radius 3 is 2.86 bits per heavy atom. The molecule has 0 aliphatic carbocycles. The SMILES string of the molecule is COOc1cc2ccccc2oc1=O. The van der Waals surface area contributed by atoms with E-state index in [0.717, 1.165) is 5.39 Å². The molecule has 0 saturated carbocycles. The summed E-state index contributed by atoms with van der Waals surface area (Å²) in [6, 6.07) is 8.75. The number of benzene rings is 1. The quantitative estimate of drug-likeness (QED) is 0.413. The van der Waals surface area contributed by atoms with E-state index in [9.17, 15) is 4.79 Å². The maximum absolute atomic E-state index is 11.3. The lowest BCUT2D eigenvalue weighted by molar-refractivity contribution is -0.180. The van der Waals surface area contributed by atoms with Gasteiger partial charge in [0.25, 0.3) is 5.75 Å². The molecule has 0 saturated heterocycles. The summed E-state index contributed by atoms with van der Waals surface area (Å²) >= 11 is 0. The van der Waals surface area contributed by atoms with Crippen molar-refractivity contribution in [1.29, 1.82) is 0 Å². The van der Waals surface area contributed by atoms with Crippen molar-refractivity contribution >= 4 is 11.0 Å². The number of rotatable bonds is 2. The van der Waals surface area contributed by atoms with E-state index in [4.69, 9.17) is 4.42 Å². The van der Waals surface area contributed by atoms with Gasteiger partial charge in [-0.15, -0.1) is 0 Å². The van der Waals surface area contributed by atoms with Gasteiger partial charge in [0.15, 0.2) is 0 Å². The molecule has 1 aromatic carbocycles. The summed E-state index contributed by atoms with van der Waals surface area (Å²) in [4.78, 5) is 20.3. The molecule has 1 aromatic heterocycles. The van der Waals surface area contributed by atoms with E-state index in [-0.39, 0.29) is 5.75 Å². The molecule has 72 valence electrons. The van der Waals surface area contributed by atoms with Gasteiger partial charge in [0.05, 0.1) is 7.11 Å². The summed E-state index contributed by atoms with van der Waals surface area (Å²) in [5.41, 5.74) is -0.0218. The van der Waals surface area contributed by atoms with Gasteiger partial charge < -0.3 is 9.30 Å². The maximum atomic E-state index is 11.3. The average Bonchev–Trinajstić information content (AvgIpc) is 2.19. The zero-order valence-corrected chi connectivity index (χ0v) is 7.52. The molecule has 0 radical (unpaired) electrons. The van der Waals surface area contributed by atoms with Gasteiger partial charge in [-0.25, -0.2) is 4.79 Å². The molecule has 0 bridgehead atoms.